The average molecular weight is 435 g/mol. The summed E-state index contributed by atoms with van der Waals surface area (Å²) in [5, 5.41) is 6.97. The molecule has 0 atom stereocenters. The van der Waals surface area contributed by atoms with Crippen molar-refractivity contribution in [2.75, 3.05) is 13.7 Å². The molecule has 1 heterocycles. The van der Waals surface area contributed by atoms with Crippen LogP contribution in [0.15, 0.2) is 48.7 Å². The molecule has 0 unspecified atom stereocenters. The summed E-state index contributed by atoms with van der Waals surface area (Å²) in [6, 6.07) is 11.0. The van der Waals surface area contributed by atoms with Gasteiger partial charge < -0.3 is 20.5 Å². The molecule has 2 aromatic carbocycles. The van der Waals surface area contributed by atoms with Crippen LogP contribution in [0.4, 0.5) is 4.39 Å². The van der Waals surface area contributed by atoms with Crippen LogP contribution in [0.2, 0.25) is 0 Å². The zero-order valence-electron chi connectivity index (χ0n) is 16.7. The number of hydrogen-bond acceptors (Lipinski definition) is 5. The van der Waals surface area contributed by atoms with Gasteiger partial charge in [-0.1, -0.05) is 0 Å². The van der Waals surface area contributed by atoms with Crippen molar-refractivity contribution < 1.29 is 18.7 Å². The number of carbonyl (C=O) groups excluding carboxylic acids is 1. The second-order valence-electron chi connectivity index (χ2n) is 6.42. The Hall–Kier alpha value is -3.10. The molecule has 0 radical (unpaired) electrons. The molecule has 7 nitrogen and oxygen atoms in total. The molecular formula is C21H24ClFN4O3. The monoisotopic (exact) mass is 434 g/mol. The number of benzene rings is 2. The molecule has 30 heavy (non-hydrogen) atoms. The zero-order chi connectivity index (χ0) is 20.8. The van der Waals surface area contributed by atoms with Crippen molar-refractivity contribution in [1.29, 1.82) is 0 Å². The number of hydrogen-bond donors (Lipinski definition) is 2. The number of nitrogens with zero attached hydrogens (tertiary/aromatic N) is 2. The van der Waals surface area contributed by atoms with Gasteiger partial charge in [0.25, 0.3) is 5.91 Å². The van der Waals surface area contributed by atoms with E-state index >= 15 is 0 Å². The van der Waals surface area contributed by atoms with E-state index in [0.717, 1.165) is 5.69 Å². The number of nitrogens with two attached hydrogens (primary N) is 1. The highest BCUT2D eigenvalue weighted by Crippen LogP contribution is 2.33. The maximum absolute atomic E-state index is 13.8. The molecule has 0 saturated heterocycles. The molecule has 0 bridgehead atoms. The van der Waals surface area contributed by atoms with Crippen LogP contribution in [0, 0.1) is 5.82 Å². The molecule has 1 aromatic heterocycles. The molecule has 9 heteroatoms. The van der Waals surface area contributed by atoms with Crippen LogP contribution in [0.1, 0.15) is 21.6 Å². The largest absolute Gasteiger partial charge is 0.493 e. The van der Waals surface area contributed by atoms with Gasteiger partial charge in [-0.3, -0.25) is 9.48 Å². The first-order valence-corrected chi connectivity index (χ1v) is 9.10. The number of carbonyl (C=O) groups is 1. The van der Waals surface area contributed by atoms with E-state index in [1.807, 2.05) is 13.1 Å². The van der Waals surface area contributed by atoms with Crippen molar-refractivity contribution >= 4 is 18.3 Å². The summed E-state index contributed by atoms with van der Waals surface area (Å²) >= 11 is 0. The van der Waals surface area contributed by atoms with Gasteiger partial charge in [0.2, 0.25) is 0 Å². The van der Waals surface area contributed by atoms with Gasteiger partial charge in [0.15, 0.2) is 11.5 Å². The van der Waals surface area contributed by atoms with Crippen LogP contribution in [0.3, 0.4) is 0 Å². The third kappa shape index (κ3) is 5.71. The molecule has 3 N–H and O–H groups in total. The fourth-order valence-electron chi connectivity index (χ4n) is 2.87. The van der Waals surface area contributed by atoms with E-state index in [1.165, 1.54) is 19.2 Å². The summed E-state index contributed by atoms with van der Waals surface area (Å²) in [7, 11) is 3.35. The molecule has 160 valence electrons. The summed E-state index contributed by atoms with van der Waals surface area (Å²) in [6.45, 7) is 0.648. The van der Waals surface area contributed by atoms with Crippen molar-refractivity contribution in [3.8, 4) is 17.2 Å². The van der Waals surface area contributed by atoms with Crippen LogP contribution in [-0.2, 0) is 20.0 Å². The number of aromatic nitrogens is 2. The van der Waals surface area contributed by atoms with Crippen LogP contribution in [0.5, 0.6) is 17.2 Å². The maximum Gasteiger partial charge on any atom is 0.251 e. The SMILES string of the molecule is COc1ccc(C(=O)NCCc2ccnn2C)cc1Oc1cc(F)cc(CN)c1.Cl. The van der Waals surface area contributed by atoms with E-state index in [1.54, 1.807) is 35.1 Å². The van der Waals surface area contributed by atoms with Gasteiger partial charge in [-0.05, 0) is 42.0 Å². The van der Waals surface area contributed by atoms with Crippen LogP contribution < -0.4 is 20.5 Å². The topological polar surface area (TPSA) is 91.4 Å². The van der Waals surface area contributed by atoms with Gasteiger partial charge in [0.05, 0.1) is 7.11 Å². The highest BCUT2D eigenvalue weighted by molar-refractivity contribution is 5.94. The number of nitrogens with one attached hydrogen (secondary N) is 1. The lowest BCUT2D eigenvalue weighted by Gasteiger charge is -2.13. The minimum atomic E-state index is -0.453. The number of ether oxygens (including phenoxy) is 2. The van der Waals surface area contributed by atoms with Crippen molar-refractivity contribution in [3.05, 3.63) is 71.3 Å². The van der Waals surface area contributed by atoms with Crippen molar-refractivity contribution in [1.82, 2.24) is 15.1 Å². The predicted octanol–water partition coefficient (Wildman–Crippen LogP) is 3.21. The van der Waals surface area contributed by atoms with E-state index in [4.69, 9.17) is 15.2 Å². The lowest BCUT2D eigenvalue weighted by Crippen LogP contribution is -2.26. The fourth-order valence-corrected chi connectivity index (χ4v) is 2.87. The van der Waals surface area contributed by atoms with Gasteiger partial charge in [0.1, 0.15) is 11.6 Å². The van der Waals surface area contributed by atoms with Gasteiger partial charge in [0, 0.05) is 50.1 Å². The third-order valence-corrected chi connectivity index (χ3v) is 4.41. The minimum absolute atomic E-state index is 0. The van der Waals surface area contributed by atoms with Gasteiger partial charge >= 0.3 is 0 Å². The molecule has 3 aromatic rings. The van der Waals surface area contributed by atoms with Crippen LogP contribution >= 0.6 is 12.4 Å². The normalized spacial score (nSPS) is 10.3. The number of methoxy groups -OCH3 is 1. The quantitative estimate of drug-likeness (QED) is 0.568. The molecule has 0 aliphatic heterocycles. The molecule has 0 saturated carbocycles. The molecule has 0 fully saturated rings. The molecule has 1 amide bonds. The summed E-state index contributed by atoms with van der Waals surface area (Å²) < 4.78 is 26.6. The number of rotatable bonds is 8. The van der Waals surface area contributed by atoms with Crippen molar-refractivity contribution in [2.45, 2.75) is 13.0 Å². The second-order valence-corrected chi connectivity index (χ2v) is 6.42. The fraction of sp³-hybridized carbons (Fsp3) is 0.238. The Morgan fingerprint density at radius 3 is 2.67 bits per heavy atom. The standard InChI is InChI=1S/C21H23FN4O3.ClH/c1-26-17(6-8-25-26)5-7-24-21(27)15-3-4-19(28-2)20(11-15)29-18-10-14(13-23)9-16(22)12-18;/h3-4,6,8-12H,5,7,13,23H2,1-2H3,(H,24,27);1H. The lowest BCUT2D eigenvalue weighted by atomic mass is 10.1. The molecule has 0 spiro atoms. The summed E-state index contributed by atoms with van der Waals surface area (Å²) in [6.07, 6.45) is 2.37. The Bertz CT molecular complexity index is 1010. The summed E-state index contributed by atoms with van der Waals surface area (Å²) in [4.78, 5) is 12.5. The summed E-state index contributed by atoms with van der Waals surface area (Å²) in [5.41, 5.74) is 7.61. The van der Waals surface area contributed by atoms with E-state index in [0.29, 0.717) is 35.6 Å². The second kappa shape index (κ2) is 10.6. The Morgan fingerprint density at radius 1 is 1.20 bits per heavy atom. The first-order chi connectivity index (χ1) is 14.0. The molecule has 3 rings (SSSR count). The van der Waals surface area contributed by atoms with E-state index in [-0.39, 0.29) is 30.6 Å². The first kappa shape index (κ1) is 23.2. The van der Waals surface area contributed by atoms with Crippen LogP contribution in [-0.4, -0.2) is 29.3 Å². The Balaban J connectivity index is 0.00000320. The molecule has 0 aliphatic carbocycles. The van der Waals surface area contributed by atoms with Gasteiger partial charge in [-0.2, -0.15) is 5.10 Å². The van der Waals surface area contributed by atoms with E-state index in [2.05, 4.69) is 10.4 Å². The maximum atomic E-state index is 13.8. The highest BCUT2D eigenvalue weighted by atomic mass is 35.5. The van der Waals surface area contributed by atoms with E-state index in [9.17, 15) is 9.18 Å². The highest BCUT2D eigenvalue weighted by Gasteiger charge is 2.13. The number of aryl methyl sites for hydroxylation is 1. The zero-order valence-corrected chi connectivity index (χ0v) is 17.5. The average Bonchev–Trinajstić information content (AvgIpc) is 3.12. The first-order valence-electron chi connectivity index (χ1n) is 9.10. The number of amides is 1. The summed E-state index contributed by atoms with van der Waals surface area (Å²) in [5.74, 6) is 0.306. The van der Waals surface area contributed by atoms with E-state index < -0.39 is 5.82 Å². The Kier molecular flexibility index (Phi) is 8.20. The smallest absolute Gasteiger partial charge is 0.251 e. The Labute approximate surface area is 180 Å². The predicted molar refractivity (Wildman–Crippen MR) is 114 cm³/mol. The van der Waals surface area contributed by atoms with Crippen molar-refractivity contribution in [2.24, 2.45) is 12.8 Å². The molecule has 0 aliphatic rings. The van der Waals surface area contributed by atoms with Gasteiger partial charge in [-0.25, -0.2) is 4.39 Å². The minimum Gasteiger partial charge on any atom is -0.493 e. The molecular weight excluding hydrogens is 411 g/mol. The Morgan fingerprint density at radius 2 is 2.00 bits per heavy atom. The third-order valence-electron chi connectivity index (χ3n) is 4.41. The van der Waals surface area contributed by atoms with Gasteiger partial charge in [-0.15, -0.1) is 12.4 Å². The number of halogens is 2. The van der Waals surface area contributed by atoms with Crippen molar-refractivity contribution in [3.63, 3.8) is 0 Å². The van der Waals surface area contributed by atoms with Crippen LogP contribution in [0.25, 0.3) is 0 Å². The lowest BCUT2D eigenvalue weighted by molar-refractivity contribution is 0.0953.